The van der Waals surface area contributed by atoms with Gasteiger partial charge in [0.15, 0.2) is 5.82 Å². The minimum Gasteiger partial charge on any atom is -0.495 e. The Morgan fingerprint density at radius 1 is 0.839 bits per heavy atom. The maximum Gasteiger partial charge on any atom is 0.325 e. The van der Waals surface area contributed by atoms with Crippen molar-refractivity contribution in [3.8, 4) is 28.3 Å². The smallest absolute Gasteiger partial charge is 0.325 e. The normalized spacial score (nSPS) is 10.4. The first-order valence-corrected chi connectivity index (χ1v) is 9.84. The quantitative estimate of drug-likeness (QED) is 0.438. The molecule has 2 amide bonds. The minimum atomic E-state index is -0.426. The number of hydrogen-bond acceptors (Lipinski definition) is 4. The average Bonchev–Trinajstić information content (AvgIpc) is 2.80. The Hall–Kier alpha value is -4.19. The van der Waals surface area contributed by atoms with Gasteiger partial charge in [0, 0.05) is 11.1 Å². The highest BCUT2D eigenvalue weighted by Crippen LogP contribution is 2.30. The van der Waals surface area contributed by atoms with E-state index in [9.17, 15) is 4.79 Å². The van der Waals surface area contributed by atoms with Gasteiger partial charge >= 0.3 is 6.03 Å². The molecule has 4 rings (SSSR count). The van der Waals surface area contributed by atoms with Crippen LogP contribution in [0.5, 0.6) is 5.75 Å². The van der Waals surface area contributed by atoms with Gasteiger partial charge in [0.1, 0.15) is 5.75 Å². The molecule has 0 radical (unpaired) electrons. The molecule has 6 nitrogen and oxygen atoms in total. The summed E-state index contributed by atoms with van der Waals surface area (Å²) in [6.45, 7) is 1.95. The second-order valence-corrected chi connectivity index (χ2v) is 6.97. The van der Waals surface area contributed by atoms with E-state index in [0.717, 1.165) is 22.4 Å². The van der Waals surface area contributed by atoms with E-state index < -0.39 is 6.03 Å². The van der Waals surface area contributed by atoms with Gasteiger partial charge < -0.3 is 10.1 Å². The van der Waals surface area contributed by atoms with Crippen molar-refractivity contribution < 1.29 is 9.53 Å². The molecule has 0 saturated carbocycles. The molecule has 0 aliphatic carbocycles. The molecule has 1 heterocycles. The third-order valence-electron chi connectivity index (χ3n) is 4.71. The van der Waals surface area contributed by atoms with E-state index in [2.05, 4.69) is 15.6 Å². The minimum absolute atomic E-state index is 0.350. The first-order chi connectivity index (χ1) is 15.1. The summed E-state index contributed by atoms with van der Waals surface area (Å²) in [7, 11) is 1.56. The van der Waals surface area contributed by atoms with Crippen molar-refractivity contribution in [2.24, 2.45) is 0 Å². The van der Waals surface area contributed by atoms with E-state index in [1.54, 1.807) is 13.3 Å². The molecule has 31 heavy (non-hydrogen) atoms. The van der Waals surface area contributed by atoms with Crippen molar-refractivity contribution in [2.45, 2.75) is 6.92 Å². The summed E-state index contributed by atoms with van der Waals surface area (Å²) in [5.74, 6) is 0.930. The highest BCUT2D eigenvalue weighted by molar-refractivity contribution is 6.00. The maximum absolute atomic E-state index is 12.6. The largest absolute Gasteiger partial charge is 0.495 e. The summed E-state index contributed by atoms with van der Waals surface area (Å²) in [5, 5.41) is 5.58. The summed E-state index contributed by atoms with van der Waals surface area (Å²) in [5.41, 5.74) is 4.90. The monoisotopic (exact) mass is 410 g/mol. The summed E-state index contributed by atoms with van der Waals surface area (Å²) in [6, 6.07) is 24.8. The number of carbonyl (C=O) groups is 1. The van der Waals surface area contributed by atoms with Crippen molar-refractivity contribution in [2.75, 3.05) is 17.7 Å². The van der Waals surface area contributed by atoms with E-state index in [1.807, 2.05) is 85.8 Å². The fourth-order valence-electron chi connectivity index (χ4n) is 3.24. The number of aryl methyl sites for hydroxylation is 1. The lowest BCUT2D eigenvalue weighted by Crippen LogP contribution is -2.21. The Kier molecular flexibility index (Phi) is 5.89. The number of nitrogens with one attached hydrogen (secondary N) is 2. The van der Waals surface area contributed by atoms with E-state index in [0.29, 0.717) is 22.9 Å². The summed E-state index contributed by atoms with van der Waals surface area (Å²) < 4.78 is 5.32. The average molecular weight is 410 g/mol. The van der Waals surface area contributed by atoms with Gasteiger partial charge in [-0.2, -0.15) is 0 Å². The van der Waals surface area contributed by atoms with Gasteiger partial charge in [-0.15, -0.1) is 0 Å². The number of aromatic nitrogens is 2. The first-order valence-electron chi connectivity index (χ1n) is 9.84. The molecule has 0 saturated heterocycles. The zero-order valence-electron chi connectivity index (χ0n) is 17.3. The number of methoxy groups -OCH3 is 1. The predicted molar refractivity (Wildman–Crippen MR) is 123 cm³/mol. The van der Waals surface area contributed by atoms with Crippen molar-refractivity contribution >= 4 is 17.5 Å². The molecule has 6 heteroatoms. The SMILES string of the molecule is COc1ccc(C)cc1NC(=O)Nc1cnc(-c2ccccc2)c(-c2ccccc2)n1. The molecular formula is C25H22N4O2. The molecule has 0 atom stereocenters. The van der Waals surface area contributed by atoms with Crippen LogP contribution in [0, 0.1) is 6.92 Å². The lowest BCUT2D eigenvalue weighted by molar-refractivity contribution is 0.262. The predicted octanol–water partition coefficient (Wildman–Crippen LogP) is 5.77. The van der Waals surface area contributed by atoms with E-state index >= 15 is 0 Å². The van der Waals surface area contributed by atoms with Crippen LogP contribution < -0.4 is 15.4 Å². The van der Waals surface area contributed by atoms with Gasteiger partial charge in [-0.25, -0.2) is 9.78 Å². The van der Waals surface area contributed by atoms with Gasteiger partial charge in [0.25, 0.3) is 0 Å². The number of anilines is 2. The van der Waals surface area contributed by atoms with Crippen LogP contribution in [0.3, 0.4) is 0 Å². The van der Waals surface area contributed by atoms with Crippen LogP contribution in [0.2, 0.25) is 0 Å². The molecule has 0 aliphatic rings. The number of benzene rings is 3. The highest BCUT2D eigenvalue weighted by Gasteiger charge is 2.14. The third kappa shape index (κ3) is 4.70. The van der Waals surface area contributed by atoms with Crippen molar-refractivity contribution in [3.05, 3.63) is 90.6 Å². The molecule has 3 aromatic carbocycles. The first kappa shape index (κ1) is 20.1. The Morgan fingerprint density at radius 2 is 1.48 bits per heavy atom. The lowest BCUT2D eigenvalue weighted by Gasteiger charge is -2.13. The van der Waals surface area contributed by atoms with Gasteiger partial charge in [0.2, 0.25) is 0 Å². The Morgan fingerprint density at radius 3 is 2.13 bits per heavy atom. The molecule has 154 valence electrons. The Labute approximate surface area is 181 Å². The fourth-order valence-corrected chi connectivity index (χ4v) is 3.24. The van der Waals surface area contributed by atoms with Gasteiger partial charge in [-0.3, -0.25) is 10.3 Å². The van der Waals surface area contributed by atoms with Crippen LogP contribution in [0.25, 0.3) is 22.5 Å². The number of rotatable bonds is 5. The maximum atomic E-state index is 12.6. The van der Waals surface area contributed by atoms with Crippen LogP contribution >= 0.6 is 0 Å². The molecule has 0 aliphatic heterocycles. The van der Waals surface area contributed by atoms with Gasteiger partial charge in [0.05, 0.1) is 30.4 Å². The Balaban J connectivity index is 1.64. The van der Waals surface area contributed by atoms with Gasteiger partial charge in [-0.05, 0) is 24.6 Å². The van der Waals surface area contributed by atoms with Gasteiger partial charge in [-0.1, -0.05) is 66.7 Å². The second kappa shape index (κ2) is 9.09. The molecule has 0 spiro atoms. The van der Waals surface area contributed by atoms with Crippen LogP contribution in [-0.2, 0) is 0 Å². The van der Waals surface area contributed by atoms with Crippen LogP contribution in [-0.4, -0.2) is 23.1 Å². The van der Waals surface area contributed by atoms with E-state index in [1.165, 1.54) is 0 Å². The fraction of sp³-hybridized carbons (Fsp3) is 0.0800. The third-order valence-corrected chi connectivity index (χ3v) is 4.71. The Bertz CT molecular complexity index is 1190. The molecule has 4 aromatic rings. The number of ether oxygens (including phenoxy) is 1. The van der Waals surface area contributed by atoms with E-state index in [-0.39, 0.29) is 0 Å². The molecule has 0 bridgehead atoms. The number of amides is 2. The molecule has 1 aromatic heterocycles. The van der Waals surface area contributed by atoms with Crippen molar-refractivity contribution in [3.63, 3.8) is 0 Å². The van der Waals surface area contributed by atoms with Crippen molar-refractivity contribution in [1.82, 2.24) is 9.97 Å². The summed E-state index contributed by atoms with van der Waals surface area (Å²) in [6.07, 6.45) is 1.56. The summed E-state index contributed by atoms with van der Waals surface area (Å²) >= 11 is 0. The van der Waals surface area contributed by atoms with Crippen LogP contribution in [0.4, 0.5) is 16.3 Å². The number of urea groups is 1. The number of nitrogens with zero attached hydrogens (tertiary/aromatic N) is 2. The van der Waals surface area contributed by atoms with E-state index in [4.69, 9.17) is 9.72 Å². The number of hydrogen-bond donors (Lipinski definition) is 2. The molecule has 0 unspecified atom stereocenters. The summed E-state index contributed by atoms with van der Waals surface area (Å²) in [4.78, 5) is 21.9. The standard InChI is InChI=1S/C25H22N4O2/c1-17-13-14-21(31-2)20(15-17)27-25(30)29-22-16-26-23(18-9-5-3-6-10-18)24(28-22)19-11-7-4-8-12-19/h3-16H,1-2H3,(H2,27,28,29,30). The molecule has 0 fully saturated rings. The topological polar surface area (TPSA) is 76.1 Å². The van der Waals surface area contributed by atoms with Crippen LogP contribution in [0.15, 0.2) is 85.1 Å². The zero-order chi connectivity index (χ0) is 21.6. The molecule has 2 N–H and O–H groups in total. The molecular weight excluding hydrogens is 388 g/mol. The van der Waals surface area contributed by atoms with Crippen LogP contribution in [0.1, 0.15) is 5.56 Å². The zero-order valence-corrected chi connectivity index (χ0v) is 17.3. The number of carbonyl (C=O) groups excluding carboxylic acids is 1. The van der Waals surface area contributed by atoms with Crippen molar-refractivity contribution in [1.29, 1.82) is 0 Å². The lowest BCUT2D eigenvalue weighted by atomic mass is 10.0. The highest BCUT2D eigenvalue weighted by atomic mass is 16.5. The second-order valence-electron chi connectivity index (χ2n) is 6.97.